The number of rotatable bonds is 9. The highest BCUT2D eigenvalue weighted by Gasteiger charge is 2.15. The largest absolute Gasteiger partial charge is 0.372 e. The van der Waals surface area contributed by atoms with Crippen molar-refractivity contribution in [1.82, 2.24) is 15.4 Å². The van der Waals surface area contributed by atoms with Crippen LogP contribution in [0.2, 0.25) is 0 Å². The monoisotopic (exact) mass is 571 g/mol. The second-order valence-corrected chi connectivity index (χ2v) is 9.39. The standard InChI is InChI=1S/C23H33N5O2S.HI/c1-3-24-23(25-14-15-26-31(29,30)22-12-5-4-6-13-22)27-19(2)20-10-9-11-21(18-20)28-16-7-8-17-28;/h4-6,9-13,18-19,26H,3,7-8,14-17H2,1-2H3,(H2,24,25,27);1H. The Balaban J connectivity index is 0.00000363. The zero-order valence-electron chi connectivity index (χ0n) is 18.8. The molecule has 0 aromatic heterocycles. The summed E-state index contributed by atoms with van der Waals surface area (Å²) in [5, 5.41) is 6.66. The van der Waals surface area contributed by atoms with E-state index in [1.165, 1.54) is 24.1 Å². The van der Waals surface area contributed by atoms with Crippen molar-refractivity contribution in [3.05, 3.63) is 60.2 Å². The summed E-state index contributed by atoms with van der Waals surface area (Å²) < 4.78 is 27.2. The molecule has 1 unspecified atom stereocenters. The van der Waals surface area contributed by atoms with Gasteiger partial charge in [0, 0.05) is 31.9 Å². The number of anilines is 1. The summed E-state index contributed by atoms with van der Waals surface area (Å²) in [6, 6.07) is 17.1. The van der Waals surface area contributed by atoms with Gasteiger partial charge in [-0.15, -0.1) is 24.0 Å². The minimum Gasteiger partial charge on any atom is -0.372 e. The highest BCUT2D eigenvalue weighted by Crippen LogP contribution is 2.23. The lowest BCUT2D eigenvalue weighted by atomic mass is 10.1. The summed E-state index contributed by atoms with van der Waals surface area (Å²) in [5.74, 6) is 0.667. The summed E-state index contributed by atoms with van der Waals surface area (Å²) in [4.78, 5) is 7.22. The van der Waals surface area contributed by atoms with Crippen molar-refractivity contribution in [3.8, 4) is 0 Å². The molecule has 0 saturated carbocycles. The zero-order valence-corrected chi connectivity index (χ0v) is 21.9. The van der Waals surface area contributed by atoms with Crippen LogP contribution in [0.1, 0.15) is 38.3 Å². The van der Waals surface area contributed by atoms with E-state index in [9.17, 15) is 8.42 Å². The maximum absolute atomic E-state index is 12.3. The number of aliphatic imine (C=N–C) groups is 1. The van der Waals surface area contributed by atoms with Gasteiger partial charge in [-0.1, -0.05) is 30.3 Å². The molecule has 0 bridgehead atoms. The fourth-order valence-corrected chi connectivity index (χ4v) is 4.65. The Labute approximate surface area is 209 Å². The number of benzene rings is 2. The molecule has 1 aliphatic rings. The Morgan fingerprint density at radius 1 is 1.09 bits per heavy atom. The first-order valence-corrected chi connectivity index (χ1v) is 12.4. The molecule has 176 valence electrons. The molecule has 3 N–H and O–H groups in total. The van der Waals surface area contributed by atoms with Crippen molar-refractivity contribution < 1.29 is 8.42 Å². The van der Waals surface area contributed by atoms with E-state index in [4.69, 9.17) is 0 Å². The van der Waals surface area contributed by atoms with Crippen molar-refractivity contribution in [2.45, 2.75) is 37.6 Å². The van der Waals surface area contributed by atoms with E-state index < -0.39 is 10.0 Å². The molecule has 1 aliphatic heterocycles. The molecule has 2 aromatic carbocycles. The third kappa shape index (κ3) is 7.63. The van der Waals surface area contributed by atoms with Crippen LogP contribution in [0.4, 0.5) is 5.69 Å². The number of sulfonamides is 1. The summed E-state index contributed by atoms with van der Waals surface area (Å²) in [5.41, 5.74) is 2.46. The number of hydrogen-bond acceptors (Lipinski definition) is 4. The Morgan fingerprint density at radius 2 is 1.81 bits per heavy atom. The number of guanidine groups is 1. The van der Waals surface area contributed by atoms with Crippen LogP contribution in [0.3, 0.4) is 0 Å². The smallest absolute Gasteiger partial charge is 0.240 e. The first-order chi connectivity index (χ1) is 15.0. The van der Waals surface area contributed by atoms with Crippen LogP contribution in [0.5, 0.6) is 0 Å². The van der Waals surface area contributed by atoms with Crippen LogP contribution in [0, 0.1) is 0 Å². The van der Waals surface area contributed by atoms with Gasteiger partial charge < -0.3 is 15.5 Å². The summed E-state index contributed by atoms with van der Waals surface area (Å²) in [6.45, 7) is 7.64. The Morgan fingerprint density at radius 3 is 2.50 bits per heavy atom. The highest BCUT2D eigenvalue weighted by atomic mass is 127. The molecule has 0 amide bonds. The van der Waals surface area contributed by atoms with E-state index in [1.54, 1.807) is 30.3 Å². The topological polar surface area (TPSA) is 85.8 Å². The van der Waals surface area contributed by atoms with Crippen LogP contribution in [0.15, 0.2) is 64.5 Å². The second-order valence-electron chi connectivity index (χ2n) is 7.63. The second kappa shape index (κ2) is 13.0. The third-order valence-electron chi connectivity index (χ3n) is 5.27. The van der Waals surface area contributed by atoms with Crippen LogP contribution in [-0.2, 0) is 10.0 Å². The molecule has 2 aromatic rings. The van der Waals surface area contributed by atoms with Crippen molar-refractivity contribution in [1.29, 1.82) is 0 Å². The first kappa shape index (κ1) is 26.4. The molecule has 0 spiro atoms. The highest BCUT2D eigenvalue weighted by molar-refractivity contribution is 14.0. The number of hydrogen-bond donors (Lipinski definition) is 3. The molecule has 1 atom stereocenters. The molecule has 0 radical (unpaired) electrons. The number of halogens is 1. The van der Waals surface area contributed by atoms with Crippen LogP contribution in [-0.4, -0.2) is 47.1 Å². The van der Waals surface area contributed by atoms with Crippen LogP contribution in [0.25, 0.3) is 0 Å². The predicted molar refractivity (Wildman–Crippen MR) is 142 cm³/mol. The van der Waals surface area contributed by atoms with Crippen molar-refractivity contribution >= 4 is 45.6 Å². The quantitative estimate of drug-likeness (QED) is 0.186. The first-order valence-electron chi connectivity index (χ1n) is 10.9. The zero-order chi connectivity index (χ0) is 22.1. The maximum Gasteiger partial charge on any atom is 0.240 e. The molecule has 1 fully saturated rings. The number of nitrogens with zero attached hydrogens (tertiary/aromatic N) is 2. The van der Waals surface area contributed by atoms with Gasteiger partial charge in [0.1, 0.15) is 0 Å². The minimum absolute atomic E-state index is 0. The predicted octanol–water partition coefficient (Wildman–Crippen LogP) is 3.50. The lowest BCUT2D eigenvalue weighted by Crippen LogP contribution is -2.39. The van der Waals surface area contributed by atoms with E-state index in [0.29, 0.717) is 12.5 Å². The summed E-state index contributed by atoms with van der Waals surface area (Å²) in [7, 11) is -3.51. The van der Waals surface area contributed by atoms with E-state index >= 15 is 0 Å². The van der Waals surface area contributed by atoms with Gasteiger partial charge in [-0.3, -0.25) is 4.99 Å². The molecule has 7 nitrogen and oxygen atoms in total. The molecule has 0 aliphatic carbocycles. The molecular formula is C23H34IN5O2S. The van der Waals surface area contributed by atoms with Crippen molar-refractivity contribution in [2.75, 3.05) is 37.6 Å². The fourth-order valence-electron chi connectivity index (χ4n) is 3.61. The Kier molecular flexibility index (Phi) is 10.7. The van der Waals surface area contributed by atoms with Crippen LogP contribution >= 0.6 is 24.0 Å². The van der Waals surface area contributed by atoms with Gasteiger partial charge in [-0.25, -0.2) is 13.1 Å². The molecule has 3 rings (SSSR count). The van der Waals surface area contributed by atoms with Crippen molar-refractivity contribution in [3.63, 3.8) is 0 Å². The molecule has 1 heterocycles. The third-order valence-corrected chi connectivity index (χ3v) is 6.74. The molecular weight excluding hydrogens is 537 g/mol. The Bertz CT molecular complexity index is 963. The minimum atomic E-state index is -3.51. The van der Waals surface area contributed by atoms with Crippen LogP contribution < -0.4 is 20.3 Å². The van der Waals surface area contributed by atoms with Gasteiger partial charge in [0.15, 0.2) is 5.96 Å². The normalized spacial score (nSPS) is 15.2. The maximum atomic E-state index is 12.3. The summed E-state index contributed by atoms with van der Waals surface area (Å²) >= 11 is 0. The molecule has 1 saturated heterocycles. The van der Waals surface area contributed by atoms with Gasteiger partial charge in [0.05, 0.1) is 17.5 Å². The average molecular weight is 572 g/mol. The molecule has 9 heteroatoms. The van der Waals surface area contributed by atoms with E-state index in [0.717, 1.165) is 19.6 Å². The SMILES string of the molecule is CCNC(=NCCNS(=O)(=O)c1ccccc1)NC(C)c1cccc(N2CCCC2)c1.I. The average Bonchev–Trinajstić information content (AvgIpc) is 3.32. The lowest BCUT2D eigenvalue weighted by molar-refractivity contribution is 0.582. The van der Waals surface area contributed by atoms with E-state index in [-0.39, 0.29) is 41.5 Å². The number of nitrogens with one attached hydrogen (secondary N) is 3. The lowest BCUT2D eigenvalue weighted by Gasteiger charge is -2.22. The van der Waals surface area contributed by atoms with E-state index in [1.807, 2.05) is 6.92 Å². The van der Waals surface area contributed by atoms with Gasteiger partial charge in [-0.05, 0) is 56.5 Å². The van der Waals surface area contributed by atoms with Gasteiger partial charge in [0.2, 0.25) is 10.0 Å². The fraction of sp³-hybridized carbons (Fsp3) is 0.435. The van der Waals surface area contributed by atoms with E-state index in [2.05, 4.69) is 56.4 Å². The summed E-state index contributed by atoms with van der Waals surface area (Å²) in [6.07, 6.45) is 2.51. The van der Waals surface area contributed by atoms with Crippen molar-refractivity contribution in [2.24, 2.45) is 4.99 Å². The molecule has 32 heavy (non-hydrogen) atoms. The Hall–Kier alpha value is -1.85. The van der Waals surface area contributed by atoms with Gasteiger partial charge in [-0.2, -0.15) is 0 Å². The van der Waals surface area contributed by atoms with Gasteiger partial charge in [0.25, 0.3) is 0 Å². The van der Waals surface area contributed by atoms with Gasteiger partial charge >= 0.3 is 0 Å².